The first kappa shape index (κ1) is 10.4. The second-order valence-electron chi connectivity index (χ2n) is 3.54. The average Bonchev–Trinajstić information content (AvgIpc) is 2.66. The molecule has 0 aliphatic rings. The van der Waals surface area contributed by atoms with Crippen LogP contribution in [-0.2, 0) is 17.8 Å². The number of amides is 1. The van der Waals surface area contributed by atoms with Gasteiger partial charge in [-0.1, -0.05) is 35.5 Å². The number of nitrogens with two attached hydrogens (primary N) is 1. The molecule has 2 aromatic rings. The van der Waals surface area contributed by atoms with Crippen molar-refractivity contribution in [3.05, 3.63) is 47.8 Å². The number of carbonyl (C=O) groups is 1. The Morgan fingerprint density at radius 3 is 2.75 bits per heavy atom. The maximum Gasteiger partial charge on any atom is 0.223 e. The molecular weight excluding hydrogens is 204 g/mol. The number of benzene rings is 1. The van der Waals surface area contributed by atoms with Crippen molar-refractivity contribution >= 4 is 5.91 Å². The minimum absolute atomic E-state index is 0.134. The van der Waals surface area contributed by atoms with Crippen molar-refractivity contribution in [1.82, 2.24) is 15.0 Å². The van der Waals surface area contributed by atoms with Gasteiger partial charge in [0.25, 0.3) is 0 Å². The summed E-state index contributed by atoms with van der Waals surface area (Å²) in [5.74, 6) is -0.397. The molecule has 1 aromatic heterocycles. The van der Waals surface area contributed by atoms with Crippen molar-refractivity contribution in [1.29, 1.82) is 0 Å². The van der Waals surface area contributed by atoms with Gasteiger partial charge < -0.3 is 5.73 Å². The fourth-order valence-electron chi connectivity index (χ4n) is 1.45. The molecule has 2 rings (SSSR count). The van der Waals surface area contributed by atoms with Gasteiger partial charge in [-0.15, -0.1) is 5.10 Å². The Hall–Kier alpha value is -2.17. The maximum absolute atomic E-state index is 10.7. The summed E-state index contributed by atoms with van der Waals surface area (Å²) in [6, 6.07) is 9.92. The standard InChI is InChI=1S/C11H12N4O/c12-11(16)6-10-8-15(14-13-10)7-9-4-2-1-3-5-9/h1-5,8H,6-7H2,(H2,12,16). The molecule has 82 valence electrons. The highest BCUT2D eigenvalue weighted by Crippen LogP contribution is 2.02. The van der Waals surface area contributed by atoms with E-state index in [0.29, 0.717) is 12.2 Å². The van der Waals surface area contributed by atoms with Crippen LogP contribution in [0.2, 0.25) is 0 Å². The van der Waals surface area contributed by atoms with Gasteiger partial charge in [0, 0.05) is 6.20 Å². The van der Waals surface area contributed by atoms with Gasteiger partial charge in [-0.2, -0.15) is 0 Å². The highest BCUT2D eigenvalue weighted by molar-refractivity contribution is 5.75. The third-order valence-electron chi connectivity index (χ3n) is 2.13. The summed E-state index contributed by atoms with van der Waals surface area (Å²) in [4.78, 5) is 10.7. The van der Waals surface area contributed by atoms with Crippen LogP contribution in [0, 0.1) is 0 Å². The van der Waals surface area contributed by atoms with Crippen LogP contribution in [0.3, 0.4) is 0 Å². The molecule has 16 heavy (non-hydrogen) atoms. The molecule has 5 nitrogen and oxygen atoms in total. The second kappa shape index (κ2) is 4.57. The number of hydrogen-bond donors (Lipinski definition) is 1. The fraction of sp³-hybridized carbons (Fsp3) is 0.182. The molecular formula is C11H12N4O. The van der Waals surface area contributed by atoms with E-state index < -0.39 is 5.91 Å². The van der Waals surface area contributed by atoms with Gasteiger partial charge in [-0.05, 0) is 5.56 Å². The predicted octanol–water partition coefficient (Wildman–Crippen LogP) is 0.354. The largest absolute Gasteiger partial charge is 0.369 e. The van der Waals surface area contributed by atoms with Crippen molar-refractivity contribution in [3.63, 3.8) is 0 Å². The van der Waals surface area contributed by atoms with Crippen molar-refractivity contribution in [2.45, 2.75) is 13.0 Å². The first-order valence-electron chi connectivity index (χ1n) is 4.95. The Morgan fingerprint density at radius 1 is 1.31 bits per heavy atom. The van der Waals surface area contributed by atoms with Gasteiger partial charge in [0.2, 0.25) is 5.91 Å². The van der Waals surface area contributed by atoms with E-state index in [4.69, 9.17) is 5.73 Å². The molecule has 5 heteroatoms. The number of nitrogens with zero attached hydrogens (tertiary/aromatic N) is 3. The van der Waals surface area contributed by atoms with Gasteiger partial charge in [-0.25, -0.2) is 4.68 Å². The SMILES string of the molecule is NC(=O)Cc1cn(Cc2ccccc2)nn1. The number of rotatable bonds is 4. The molecule has 1 amide bonds. The zero-order valence-corrected chi connectivity index (χ0v) is 8.71. The lowest BCUT2D eigenvalue weighted by atomic mass is 10.2. The van der Waals surface area contributed by atoms with Gasteiger partial charge in [-0.3, -0.25) is 4.79 Å². The number of hydrogen-bond acceptors (Lipinski definition) is 3. The van der Waals surface area contributed by atoms with Crippen LogP contribution in [-0.4, -0.2) is 20.9 Å². The quantitative estimate of drug-likeness (QED) is 0.801. The Bertz CT molecular complexity index is 478. The Labute approximate surface area is 92.9 Å². The van der Waals surface area contributed by atoms with Crippen molar-refractivity contribution in [2.24, 2.45) is 5.73 Å². The Balaban J connectivity index is 2.06. The summed E-state index contributed by atoms with van der Waals surface area (Å²) >= 11 is 0. The van der Waals surface area contributed by atoms with E-state index in [1.54, 1.807) is 10.9 Å². The first-order chi connectivity index (χ1) is 7.74. The third-order valence-corrected chi connectivity index (χ3v) is 2.13. The lowest BCUT2D eigenvalue weighted by Gasteiger charge is -1.99. The molecule has 0 bridgehead atoms. The molecule has 0 aliphatic carbocycles. The molecule has 2 N–H and O–H groups in total. The van der Waals surface area contributed by atoms with Crippen LogP contribution in [0.25, 0.3) is 0 Å². The first-order valence-corrected chi connectivity index (χ1v) is 4.95. The predicted molar refractivity (Wildman–Crippen MR) is 58.5 cm³/mol. The number of aromatic nitrogens is 3. The molecule has 0 radical (unpaired) electrons. The van der Waals surface area contributed by atoms with E-state index in [0.717, 1.165) is 5.56 Å². The van der Waals surface area contributed by atoms with Crippen LogP contribution in [0.5, 0.6) is 0 Å². The van der Waals surface area contributed by atoms with E-state index in [9.17, 15) is 4.79 Å². The second-order valence-corrected chi connectivity index (χ2v) is 3.54. The number of carbonyl (C=O) groups excluding carboxylic acids is 1. The average molecular weight is 216 g/mol. The highest BCUT2D eigenvalue weighted by atomic mass is 16.1. The molecule has 0 unspecified atom stereocenters. The van der Waals surface area contributed by atoms with Gasteiger partial charge in [0.15, 0.2) is 0 Å². The Kier molecular flexibility index (Phi) is 2.95. The summed E-state index contributed by atoms with van der Waals surface area (Å²) in [6.07, 6.45) is 1.87. The van der Waals surface area contributed by atoms with E-state index in [1.165, 1.54) is 0 Å². The summed E-state index contributed by atoms with van der Waals surface area (Å²) in [7, 11) is 0. The topological polar surface area (TPSA) is 73.8 Å². The van der Waals surface area contributed by atoms with Crippen molar-refractivity contribution < 1.29 is 4.79 Å². The molecule has 1 aromatic carbocycles. The minimum atomic E-state index is -0.397. The van der Waals surface area contributed by atoms with Gasteiger partial charge in [0.1, 0.15) is 0 Å². The van der Waals surface area contributed by atoms with E-state index in [1.807, 2.05) is 30.3 Å². The fourth-order valence-corrected chi connectivity index (χ4v) is 1.45. The zero-order chi connectivity index (χ0) is 11.4. The van der Waals surface area contributed by atoms with Crippen LogP contribution >= 0.6 is 0 Å². The van der Waals surface area contributed by atoms with E-state index in [2.05, 4.69) is 10.3 Å². The zero-order valence-electron chi connectivity index (χ0n) is 8.71. The van der Waals surface area contributed by atoms with Crippen LogP contribution < -0.4 is 5.73 Å². The van der Waals surface area contributed by atoms with E-state index >= 15 is 0 Å². The number of primary amides is 1. The molecule has 1 heterocycles. The van der Waals surface area contributed by atoms with Crippen molar-refractivity contribution in [2.75, 3.05) is 0 Å². The molecule has 0 spiro atoms. The molecule has 0 fully saturated rings. The van der Waals surface area contributed by atoms with Gasteiger partial charge in [0.05, 0.1) is 18.7 Å². The summed E-state index contributed by atoms with van der Waals surface area (Å²) in [5.41, 5.74) is 6.81. The van der Waals surface area contributed by atoms with E-state index in [-0.39, 0.29) is 6.42 Å². The molecule has 0 saturated heterocycles. The monoisotopic (exact) mass is 216 g/mol. The summed E-state index contributed by atoms with van der Waals surface area (Å²) < 4.78 is 1.69. The summed E-state index contributed by atoms with van der Waals surface area (Å²) in [5, 5.41) is 7.79. The smallest absolute Gasteiger partial charge is 0.223 e. The van der Waals surface area contributed by atoms with Crippen LogP contribution in [0.1, 0.15) is 11.3 Å². The van der Waals surface area contributed by atoms with Gasteiger partial charge >= 0.3 is 0 Å². The lowest BCUT2D eigenvalue weighted by molar-refractivity contribution is -0.117. The van der Waals surface area contributed by atoms with Crippen molar-refractivity contribution in [3.8, 4) is 0 Å². The Morgan fingerprint density at radius 2 is 2.06 bits per heavy atom. The minimum Gasteiger partial charge on any atom is -0.369 e. The molecule has 0 atom stereocenters. The normalized spacial score (nSPS) is 10.2. The molecule has 0 aliphatic heterocycles. The maximum atomic E-state index is 10.7. The van der Waals surface area contributed by atoms with Crippen LogP contribution in [0.4, 0.5) is 0 Å². The third kappa shape index (κ3) is 2.66. The summed E-state index contributed by atoms with van der Waals surface area (Å²) in [6.45, 7) is 0.645. The highest BCUT2D eigenvalue weighted by Gasteiger charge is 2.04. The lowest BCUT2D eigenvalue weighted by Crippen LogP contribution is -2.13. The van der Waals surface area contributed by atoms with Crippen LogP contribution in [0.15, 0.2) is 36.5 Å². The molecule has 0 saturated carbocycles.